The largest absolute Gasteiger partial charge is 0.486 e. The molecule has 226 valence electrons. The van der Waals surface area contributed by atoms with Crippen LogP contribution >= 0.6 is 11.6 Å². The average molecular weight is 640 g/mol. The number of anilines is 1. The fraction of sp³-hybridized carbons (Fsp3) is 0.321. The summed E-state index contributed by atoms with van der Waals surface area (Å²) in [6, 6.07) is 13.7. The van der Waals surface area contributed by atoms with Crippen LogP contribution in [0.15, 0.2) is 76.5 Å². The predicted octanol–water partition coefficient (Wildman–Crippen LogP) is 3.82. The lowest BCUT2D eigenvalue weighted by Crippen LogP contribution is -2.50. The molecule has 1 heterocycles. The number of carbonyl (C=O) groups is 1. The number of amides is 1. The summed E-state index contributed by atoms with van der Waals surface area (Å²) in [5, 5.41) is 10.3. The number of halogens is 2. The lowest BCUT2D eigenvalue weighted by atomic mass is 9.99. The highest BCUT2D eigenvalue weighted by Crippen LogP contribution is 2.36. The number of nitrogens with one attached hydrogen (secondary N) is 1. The molecule has 3 atom stereocenters. The van der Waals surface area contributed by atoms with Gasteiger partial charge in [0, 0.05) is 24.5 Å². The lowest BCUT2D eigenvalue weighted by molar-refractivity contribution is 0.0389. The summed E-state index contributed by atoms with van der Waals surface area (Å²) in [4.78, 5) is 14.9. The van der Waals surface area contributed by atoms with Crippen molar-refractivity contribution in [3.63, 3.8) is 0 Å². The molecular formula is C28H31ClFN3O7S2. The fourth-order valence-corrected chi connectivity index (χ4v) is 6.87. The second-order valence-corrected chi connectivity index (χ2v) is 14.3. The number of sulfonamides is 2. The van der Waals surface area contributed by atoms with Crippen molar-refractivity contribution in [1.82, 2.24) is 9.21 Å². The van der Waals surface area contributed by atoms with Gasteiger partial charge in [-0.2, -0.15) is 4.31 Å². The van der Waals surface area contributed by atoms with Crippen molar-refractivity contribution >= 4 is 43.2 Å². The topological polar surface area (TPSA) is 133 Å². The number of aliphatic hydroxyl groups excluding tert-OH is 1. The van der Waals surface area contributed by atoms with Gasteiger partial charge in [0.25, 0.3) is 15.9 Å². The second kappa shape index (κ2) is 12.6. The summed E-state index contributed by atoms with van der Waals surface area (Å²) in [6.45, 7) is 3.08. The number of rotatable bonds is 9. The van der Waals surface area contributed by atoms with Crippen LogP contribution in [-0.4, -0.2) is 75.9 Å². The van der Waals surface area contributed by atoms with Crippen LogP contribution in [0.5, 0.6) is 5.75 Å². The van der Waals surface area contributed by atoms with Crippen LogP contribution < -0.4 is 9.46 Å². The summed E-state index contributed by atoms with van der Waals surface area (Å²) in [5.74, 6) is -1.67. The molecule has 14 heteroatoms. The van der Waals surface area contributed by atoms with Crippen LogP contribution in [0, 0.1) is 11.7 Å². The molecule has 4 rings (SSSR count). The Labute approximate surface area is 249 Å². The maximum atomic E-state index is 13.7. The molecule has 3 aromatic rings. The standard InChI is InChI=1S/C28H31ClFN3O7S2/c1-18-15-33(19(2)17-34)28(35)24-5-4-6-25(31-41(36,37)22-13-9-21(30)10-14-22)27(24)40-26(18)16-32(3)42(38,39)23-11-7-20(29)8-12-23/h4-14,18-19,26,31,34H,15-17H2,1-3H3/t18-,19-,26+/m1/s1. The molecule has 1 aliphatic heterocycles. The highest BCUT2D eigenvalue weighted by atomic mass is 35.5. The normalized spacial score (nSPS) is 18.5. The van der Waals surface area contributed by atoms with Crippen molar-refractivity contribution in [2.75, 3.05) is 31.5 Å². The first-order valence-corrected chi connectivity index (χ1v) is 16.3. The summed E-state index contributed by atoms with van der Waals surface area (Å²) in [5.41, 5.74) is -0.0428. The molecule has 0 bridgehead atoms. The number of ether oxygens (including phenoxy) is 1. The van der Waals surface area contributed by atoms with E-state index < -0.39 is 49.8 Å². The zero-order valence-corrected chi connectivity index (χ0v) is 25.5. The van der Waals surface area contributed by atoms with Crippen molar-refractivity contribution in [3.05, 3.63) is 83.1 Å². The van der Waals surface area contributed by atoms with E-state index in [1.54, 1.807) is 13.8 Å². The fourth-order valence-electron chi connectivity index (χ4n) is 4.50. The Morgan fingerprint density at radius 1 is 1.07 bits per heavy atom. The van der Waals surface area contributed by atoms with Crippen LogP contribution in [0.4, 0.5) is 10.1 Å². The van der Waals surface area contributed by atoms with Crippen molar-refractivity contribution in [2.45, 2.75) is 35.8 Å². The third kappa shape index (κ3) is 6.70. The molecule has 10 nitrogen and oxygen atoms in total. The Bertz CT molecular complexity index is 1650. The van der Waals surface area contributed by atoms with Crippen LogP contribution in [0.1, 0.15) is 24.2 Å². The van der Waals surface area contributed by atoms with Crippen LogP contribution in [0.3, 0.4) is 0 Å². The summed E-state index contributed by atoms with van der Waals surface area (Å²) in [6.07, 6.45) is -0.853. The molecule has 0 aromatic heterocycles. The quantitative estimate of drug-likeness (QED) is 0.364. The van der Waals surface area contributed by atoms with Crippen molar-refractivity contribution < 1.29 is 35.9 Å². The van der Waals surface area contributed by atoms with E-state index in [4.69, 9.17) is 16.3 Å². The van der Waals surface area contributed by atoms with Crippen molar-refractivity contribution in [1.29, 1.82) is 0 Å². The number of hydrogen-bond acceptors (Lipinski definition) is 7. The molecular weight excluding hydrogens is 609 g/mol. The molecule has 1 aliphatic rings. The Balaban J connectivity index is 1.76. The molecule has 0 saturated carbocycles. The summed E-state index contributed by atoms with van der Waals surface area (Å²) < 4.78 is 76.3. The van der Waals surface area contributed by atoms with E-state index >= 15 is 0 Å². The smallest absolute Gasteiger partial charge is 0.262 e. The molecule has 0 saturated heterocycles. The Hall–Kier alpha value is -3.23. The first kappa shape index (κ1) is 31.7. The van der Waals surface area contributed by atoms with Gasteiger partial charge in [-0.15, -0.1) is 0 Å². The predicted molar refractivity (Wildman–Crippen MR) is 156 cm³/mol. The number of nitrogens with zero attached hydrogens (tertiary/aromatic N) is 2. The second-order valence-electron chi connectivity index (χ2n) is 10.1. The maximum Gasteiger partial charge on any atom is 0.262 e. The first-order chi connectivity index (χ1) is 19.7. The molecule has 0 aliphatic carbocycles. The van der Waals surface area contributed by atoms with Gasteiger partial charge < -0.3 is 14.7 Å². The van der Waals surface area contributed by atoms with Gasteiger partial charge in [0.05, 0.1) is 40.2 Å². The minimum absolute atomic E-state index is 0.0201. The first-order valence-electron chi connectivity index (χ1n) is 13.0. The Kier molecular flexibility index (Phi) is 9.48. The monoisotopic (exact) mass is 639 g/mol. The van der Waals surface area contributed by atoms with Crippen LogP contribution in [-0.2, 0) is 20.0 Å². The third-order valence-electron chi connectivity index (χ3n) is 7.02. The molecule has 2 N–H and O–H groups in total. The van der Waals surface area contributed by atoms with Gasteiger partial charge in [-0.25, -0.2) is 21.2 Å². The number of benzene rings is 3. The molecule has 42 heavy (non-hydrogen) atoms. The zero-order valence-electron chi connectivity index (χ0n) is 23.1. The Morgan fingerprint density at radius 2 is 1.69 bits per heavy atom. The van der Waals surface area contributed by atoms with E-state index in [-0.39, 0.29) is 46.5 Å². The van der Waals surface area contributed by atoms with Gasteiger partial charge in [0.2, 0.25) is 10.0 Å². The minimum Gasteiger partial charge on any atom is -0.486 e. The van der Waals surface area contributed by atoms with Crippen LogP contribution in [0.2, 0.25) is 5.02 Å². The van der Waals surface area contributed by atoms with E-state index in [9.17, 15) is 31.1 Å². The van der Waals surface area contributed by atoms with Gasteiger partial charge in [-0.3, -0.25) is 9.52 Å². The van der Waals surface area contributed by atoms with Gasteiger partial charge in [0.15, 0.2) is 5.75 Å². The molecule has 0 fully saturated rings. The average Bonchev–Trinajstić information content (AvgIpc) is 2.95. The minimum atomic E-state index is -4.23. The third-order valence-corrected chi connectivity index (χ3v) is 10.5. The van der Waals surface area contributed by atoms with Gasteiger partial charge in [-0.05, 0) is 67.6 Å². The number of hydrogen-bond donors (Lipinski definition) is 2. The maximum absolute atomic E-state index is 13.7. The Morgan fingerprint density at radius 3 is 2.31 bits per heavy atom. The number of likely N-dealkylation sites (N-methyl/N-ethyl adjacent to an activating group) is 1. The SMILES string of the molecule is C[C@@H]1CN([C@H](C)CO)C(=O)c2cccc(NS(=O)(=O)c3ccc(F)cc3)c2O[C@H]1CN(C)S(=O)(=O)c1ccc(Cl)cc1. The number of aliphatic hydroxyl groups is 1. The molecule has 1 amide bonds. The van der Waals surface area contributed by atoms with Crippen molar-refractivity contribution in [2.24, 2.45) is 5.92 Å². The summed E-state index contributed by atoms with van der Waals surface area (Å²) >= 11 is 5.92. The highest BCUT2D eigenvalue weighted by molar-refractivity contribution is 7.92. The highest BCUT2D eigenvalue weighted by Gasteiger charge is 2.36. The van der Waals surface area contributed by atoms with E-state index in [1.807, 2.05) is 0 Å². The zero-order chi connectivity index (χ0) is 30.8. The van der Waals surface area contributed by atoms with E-state index in [0.29, 0.717) is 5.02 Å². The van der Waals surface area contributed by atoms with Gasteiger partial charge in [0.1, 0.15) is 11.9 Å². The molecule has 0 radical (unpaired) electrons. The molecule has 3 aromatic carbocycles. The van der Waals surface area contributed by atoms with Crippen LogP contribution in [0.25, 0.3) is 0 Å². The molecule has 0 spiro atoms. The van der Waals surface area contributed by atoms with E-state index in [0.717, 1.165) is 28.6 Å². The number of para-hydroxylation sites is 1. The van der Waals surface area contributed by atoms with E-state index in [2.05, 4.69) is 4.72 Å². The van der Waals surface area contributed by atoms with Crippen molar-refractivity contribution in [3.8, 4) is 5.75 Å². The number of carbonyl (C=O) groups excluding carboxylic acids is 1. The number of fused-ring (bicyclic) bond motifs is 1. The van der Waals surface area contributed by atoms with Gasteiger partial charge >= 0.3 is 0 Å². The van der Waals surface area contributed by atoms with E-state index in [1.165, 1.54) is 54.4 Å². The summed E-state index contributed by atoms with van der Waals surface area (Å²) in [7, 11) is -6.81. The molecule has 0 unspecified atom stereocenters. The van der Waals surface area contributed by atoms with Gasteiger partial charge in [-0.1, -0.05) is 24.6 Å². The lowest BCUT2D eigenvalue weighted by Gasteiger charge is -2.38.